The Labute approximate surface area is 145 Å². The van der Waals surface area contributed by atoms with Gasteiger partial charge < -0.3 is 14.8 Å². The number of carbonyl (C=O) groups excluding carboxylic acids is 1. The fourth-order valence-corrected chi connectivity index (χ4v) is 2.07. The molecule has 2 aromatic rings. The molecule has 0 unspecified atom stereocenters. The zero-order chi connectivity index (χ0) is 16.7. The largest absolute Gasteiger partial charge is 0.494 e. The van der Waals surface area contributed by atoms with E-state index in [0.29, 0.717) is 28.1 Å². The molecule has 0 atom stereocenters. The van der Waals surface area contributed by atoms with Gasteiger partial charge >= 0.3 is 0 Å². The highest BCUT2D eigenvalue weighted by molar-refractivity contribution is 6.42. The number of nitrogens with one attached hydrogen (secondary N) is 1. The van der Waals surface area contributed by atoms with Crippen LogP contribution in [0.3, 0.4) is 0 Å². The molecule has 23 heavy (non-hydrogen) atoms. The highest BCUT2D eigenvalue weighted by Crippen LogP contribution is 2.25. The average molecular weight is 354 g/mol. The molecule has 0 saturated carbocycles. The van der Waals surface area contributed by atoms with Gasteiger partial charge in [0.15, 0.2) is 6.61 Å². The van der Waals surface area contributed by atoms with Crippen molar-refractivity contribution in [2.75, 3.05) is 18.5 Å². The van der Waals surface area contributed by atoms with Crippen LogP contribution in [0.5, 0.6) is 11.5 Å². The van der Waals surface area contributed by atoms with Gasteiger partial charge in [0.05, 0.1) is 16.7 Å². The Balaban J connectivity index is 1.82. The first-order valence-corrected chi connectivity index (χ1v) is 7.94. The molecule has 0 aliphatic carbocycles. The highest BCUT2D eigenvalue weighted by Gasteiger charge is 2.06. The lowest BCUT2D eigenvalue weighted by Gasteiger charge is -2.09. The number of anilines is 1. The maximum Gasteiger partial charge on any atom is 0.262 e. The van der Waals surface area contributed by atoms with Gasteiger partial charge in [-0.1, -0.05) is 30.1 Å². The van der Waals surface area contributed by atoms with E-state index in [4.69, 9.17) is 32.7 Å². The molecule has 0 fully saturated rings. The van der Waals surface area contributed by atoms with Crippen LogP contribution in [-0.2, 0) is 4.79 Å². The Kier molecular flexibility index (Phi) is 6.56. The maximum absolute atomic E-state index is 11.9. The molecular weight excluding hydrogens is 337 g/mol. The second-order valence-electron chi connectivity index (χ2n) is 4.79. The number of halogens is 2. The van der Waals surface area contributed by atoms with Crippen molar-refractivity contribution in [2.45, 2.75) is 13.3 Å². The van der Waals surface area contributed by atoms with Crippen molar-refractivity contribution in [3.63, 3.8) is 0 Å². The van der Waals surface area contributed by atoms with E-state index in [1.54, 1.807) is 30.3 Å². The van der Waals surface area contributed by atoms with Gasteiger partial charge in [-0.3, -0.25) is 4.79 Å². The molecule has 2 rings (SSSR count). The summed E-state index contributed by atoms with van der Waals surface area (Å²) >= 11 is 11.7. The summed E-state index contributed by atoms with van der Waals surface area (Å²) in [6.45, 7) is 2.62. The van der Waals surface area contributed by atoms with Crippen LogP contribution in [0.2, 0.25) is 10.0 Å². The van der Waals surface area contributed by atoms with E-state index in [1.807, 2.05) is 19.1 Å². The Morgan fingerprint density at radius 1 is 1.00 bits per heavy atom. The van der Waals surface area contributed by atoms with Gasteiger partial charge in [0.1, 0.15) is 11.5 Å². The lowest BCUT2D eigenvalue weighted by Crippen LogP contribution is -2.20. The van der Waals surface area contributed by atoms with Crippen molar-refractivity contribution < 1.29 is 14.3 Å². The molecule has 4 nitrogen and oxygen atoms in total. The topological polar surface area (TPSA) is 47.6 Å². The molecular formula is C17H17Cl2NO3. The van der Waals surface area contributed by atoms with Gasteiger partial charge in [-0.15, -0.1) is 0 Å². The molecule has 0 saturated heterocycles. The summed E-state index contributed by atoms with van der Waals surface area (Å²) in [4.78, 5) is 11.9. The van der Waals surface area contributed by atoms with Crippen LogP contribution in [-0.4, -0.2) is 19.1 Å². The summed E-state index contributed by atoms with van der Waals surface area (Å²) in [5.41, 5.74) is 0.566. The fraction of sp³-hybridized carbons (Fsp3) is 0.235. The van der Waals surface area contributed by atoms with Crippen LogP contribution in [0.1, 0.15) is 13.3 Å². The molecule has 0 aliphatic rings. The van der Waals surface area contributed by atoms with Gasteiger partial charge in [-0.2, -0.15) is 0 Å². The minimum absolute atomic E-state index is 0.102. The number of hydrogen-bond acceptors (Lipinski definition) is 3. The fourth-order valence-electron chi connectivity index (χ4n) is 1.77. The SMILES string of the molecule is CCCOc1ccc(OCC(=O)Nc2ccc(Cl)c(Cl)c2)cc1. The standard InChI is InChI=1S/C17H17Cl2NO3/c1-2-9-22-13-4-6-14(7-5-13)23-11-17(21)20-12-3-8-15(18)16(19)10-12/h3-8,10H,2,9,11H2,1H3,(H,20,21). The van der Waals surface area contributed by atoms with E-state index in [2.05, 4.69) is 5.32 Å². The molecule has 0 radical (unpaired) electrons. The van der Waals surface area contributed by atoms with Gasteiger partial charge in [0.25, 0.3) is 5.91 Å². The van der Waals surface area contributed by atoms with Crippen molar-refractivity contribution in [1.82, 2.24) is 0 Å². The second-order valence-corrected chi connectivity index (χ2v) is 5.60. The van der Waals surface area contributed by atoms with Crippen molar-refractivity contribution >= 4 is 34.8 Å². The summed E-state index contributed by atoms with van der Waals surface area (Å²) < 4.78 is 10.9. The number of rotatable bonds is 7. The average Bonchev–Trinajstić information content (AvgIpc) is 2.55. The molecule has 0 bridgehead atoms. The molecule has 0 heterocycles. The lowest BCUT2D eigenvalue weighted by atomic mass is 10.3. The van der Waals surface area contributed by atoms with Crippen LogP contribution >= 0.6 is 23.2 Å². The molecule has 6 heteroatoms. The Bertz CT molecular complexity index is 659. The van der Waals surface area contributed by atoms with Gasteiger partial charge in [-0.05, 0) is 48.9 Å². The molecule has 122 valence electrons. The van der Waals surface area contributed by atoms with E-state index in [9.17, 15) is 4.79 Å². The Morgan fingerprint density at radius 3 is 2.26 bits per heavy atom. The lowest BCUT2D eigenvalue weighted by molar-refractivity contribution is -0.118. The summed E-state index contributed by atoms with van der Waals surface area (Å²) in [5, 5.41) is 3.51. The number of ether oxygens (including phenoxy) is 2. The maximum atomic E-state index is 11.9. The van der Waals surface area contributed by atoms with Crippen molar-refractivity contribution in [2.24, 2.45) is 0 Å². The third kappa shape index (κ3) is 5.66. The van der Waals surface area contributed by atoms with Crippen LogP contribution in [0.15, 0.2) is 42.5 Å². The third-order valence-electron chi connectivity index (χ3n) is 2.87. The Hall–Kier alpha value is -1.91. The van der Waals surface area contributed by atoms with Gasteiger partial charge in [-0.25, -0.2) is 0 Å². The third-order valence-corrected chi connectivity index (χ3v) is 3.61. The van der Waals surface area contributed by atoms with Crippen molar-refractivity contribution in [3.05, 3.63) is 52.5 Å². The number of hydrogen-bond donors (Lipinski definition) is 1. The number of benzene rings is 2. The quantitative estimate of drug-likeness (QED) is 0.777. The zero-order valence-corrected chi connectivity index (χ0v) is 14.2. The predicted octanol–water partition coefficient (Wildman–Crippen LogP) is 4.80. The van der Waals surface area contributed by atoms with Gasteiger partial charge in [0.2, 0.25) is 0 Å². The molecule has 0 aromatic heterocycles. The number of amides is 1. The smallest absolute Gasteiger partial charge is 0.262 e. The van der Waals surface area contributed by atoms with Crippen LogP contribution in [0.4, 0.5) is 5.69 Å². The van der Waals surface area contributed by atoms with E-state index >= 15 is 0 Å². The van der Waals surface area contributed by atoms with E-state index in [0.717, 1.165) is 12.2 Å². The van der Waals surface area contributed by atoms with Crippen LogP contribution in [0.25, 0.3) is 0 Å². The molecule has 2 aromatic carbocycles. The van der Waals surface area contributed by atoms with E-state index in [-0.39, 0.29) is 12.5 Å². The second kappa shape index (κ2) is 8.65. The minimum atomic E-state index is -0.283. The predicted molar refractivity (Wildman–Crippen MR) is 92.8 cm³/mol. The monoisotopic (exact) mass is 353 g/mol. The van der Waals surface area contributed by atoms with Gasteiger partial charge in [0, 0.05) is 5.69 Å². The molecule has 0 aliphatic heterocycles. The van der Waals surface area contributed by atoms with Crippen molar-refractivity contribution in [1.29, 1.82) is 0 Å². The Morgan fingerprint density at radius 2 is 1.65 bits per heavy atom. The normalized spacial score (nSPS) is 10.2. The highest BCUT2D eigenvalue weighted by atomic mass is 35.5. The number of carbonyl (C=O) groups is 1. The summed E-state index contributed by atoms with van der Waals surface area (Å²) in [7, 11) is 0. The van der Waals surface area contributed by atoms with Crippen LogP contribution in [0, 0.1) is 0 Å². The van der Waals surface area contributed by atoms with Crippen molar-refractivity contribution in [3.8, 4) is 11.5 Å². The first-order valence-electron chi connectivity index (χ1n) is 7.19. The molecule has 0 spiro atoms. The minimum Gasteiger partial charge on any atom is -0.494 e. The molecule has 1 N–H and O–H groups in total. The first kappa shape index (κ1) is 17.4. The van der Waals surface area contributed by atoms with E-state index in [1.165, 1.54) is 0 Å². The first-order chi connectivity index (χ1) is 11.1. The zero-order valence-electron chi connectivity index (χ0n) is 12.6. The summed E-state index contributed by atoms with van der Waals surface area (Å²) in [6.07, 6.45) is 0.952. The summed E-state index contributed by atoms with van der Waals surface area (Å²) in [5.74, 6) is 1.09. The van der Waals surface area contributed by atoms with E-state index < -0.39 is 0 Å². The summed E-state index contributed by atoms with van der Waals surface area (Å²) in [6, 6.07) is 12.0. The molecule has 1 amide bonds. The van der Waals surface area contributed by atoms with Crippen LogP contribution < -0.4 is 14.8 Å².